The smallest absolute Gasteiger partial charge is 0.274 e. The van der Waals surface area contributed by atoms with Crippen LogP contribution in [0.15, 0.2) is 77.6 Å². The summed E-state index contributed by atoms with van der Waals surface area (Å²) in [6, 6.07) is 22.9. The topological polar surface area (TPSA) is 43.6 Å². The summed E-state index contributed by atoms with van der Waals surface area (Å²) in [5.41, 5.74) is 3.57. The monoisotopic (exact) mass is 418 g/mol. The SMILES string of the molecule is O=c1c(=Cc2cccc(OCc3ccc(Cl)cc3)c2)sc2nc3ccccc3n12. The number of imidazole rings is 1. The fraction of sp³-hybridized carbons (Fsp3) is 0.0435. The van der Waals surface area contributed by atoms with Gasteiger partial charge in [0.1, 0.15) is 12.4 Å². The first-order chi connectivity index (χ1) is 14.2. The lowest BCUT2D eigenvalue weighted by Gasteiger charge is -2.07. The van der Waals surface area contributed by atoms with Gasteiger partial charge < -0.3 is 4.74 Å². The molecule has 5 aromatic rings. The maximum Gasteiger partial charge on any atom is 0.274 e. The maximum absolute atomic E-state index is 12.9. The van der Waals surface area contributed by atoms with E-state index < -0.39 is 0 Å². The summed E-state index contributed by atoms with van der Waals surface area (Å²) in [5, 5.41) is 0.703. The van der Waals surface area contributed by atoms with Gasteiger partial charge in [0.2, 0.25) is 0 Å². The Morgan fingerprint density at radius 2 is 1.86 bits per heavy atom. The van der Waals surface area contributed by atoms with Gasteiger partial charge in [-0.15, -0.1) is 0 Å². The van der Waals surface area contributed by atoms with E-state index in [0.29, 0.717) is 21.1 Å². The molecule has 2 aromatic heterocycles. The largest absolute Gasteiger partial charge is 0.489 e. The molecule has 5 rings (SSSR count). The summed E-state index contributed by atoms with van der Waals surface area (Å²) in [4.78, 5) is 18.1. The van der Waals surface area contributed by atoms with Crippen molar-refractivity contribution in [2.24, 2.45) is 0 Å². The van der Waals surface area contributed by atoms with Gasteiger partial charge in [0, 0.05) is 5.02 Å². The molecule has 6 heteroatoms. The van der Waals surface area contributed by atoms with Gasteiger partial charge in [0.15, 0.2) is 4.96 Å². The van der Waals surface area contributed by atoms with Crippen LogP contribution in [0, 0.1) is 0 Å². The van der Waals surface area contributed by atoms with E-state index >= 15 is 0 Å². The minimum atomic E-state index is -0.0498. The molecule has 0 amide bonds. The molecule has 29 heavy (non-hydrogen) atoms. The lowest BCUT2D eigenvalue weighted by atomic mass is 10.2. The van der Waals surface area contributed by atoms with E-state index in [0.717, 1.165) is 27.9 Å². The first-order valence-electron chi connectivity index (χ1n) is 9.06. The molecule has 0 aliphatic heterocycles. The highest BCUT2D eigenvalue weighted by Gasteiger charge is 2.10. The molecule has 3 aromatic carbocycles. The third-order valence-corrected chi connectivity index (χ3v) is 5.84. The van der Waals surface area contributed by atoms with Crippen LogP contribution in [0.2, 0.25) is 5.02 Å². The Labute approximate surface area is 175 Å². The fourth-order valence-corrected chi connectivity index (χ4v) is 4.32. The van der Waals surface area contributed by atoms with Crippen molar-refractivity contribution in [2.45, 2.75) is 6.61 Å². The molecule has 0 N–H and O–H groups in total. The molecule has 0 aliphatic carbocycles. The Balaban J connectivity index is 1.46. The molecule has 0 atom stereocenters. The number of halogens is 1. The Hall–Kier alpha value is -3.15. The van der Waals surface area contributed by atoms with E-state index in [1.54, 1.807) is 4.40 Å². The van der Waals surface area contributed by atoms with Crippen molar-refractivity contribution < 1.29 is 4.74 Å². The predicted octanol–water partition coefficient (Wildman–Crippen LogP) is 4.69. The zero-order chi connectivity index (χ0) is 19.8. The van der Waals surface area contributed by atoms with Gasteiger partial charge in [-0.25, -0.2) is 9.38 Å². The van der Waals surface area contributed by atoms with Crippen LogP contribution in [-0.2, 0) is 6.61 Å². The van der Waals surface area contributed by atoms with Crippen LogP contribution in [0.1, 0.15) is 11.1 Å². The van der Waals surface area contributed by atoms with Crippen LogP contribution in [0.5, 0.6) is 5.75 Å². The molecule has 0 saturated carbocycles. The second-order valence-electron chi connectivity index (χ2n) is 6.62. The minimum absolute atomic E-state index is 0.0498. The molecule has 0 bridgehead atoms. The maximum atomic E-state index is 12.9. The van der Waals surface area contributed by atoms with Crippen LogP contribution in [-0.4, -0.2) is 9.38 Å². The number of hydrogen-bond donors (Lipinski definition) is 0. The summed E-state index contributed by atoms with van der Waals surface area (Å²) in [6.07, 6.45) is 1.88. The third kappa shape index (κ3) is 3.50. The van der Waals surface area contributed by atoms with Gasteiger partial charge in [-0.1, -0.05) is 59.3 Å². The van der Waals surface area contributed by atoms with Gasteiger partial charge in [-0.3, -0.25) is 4.79 Å². The number of thiazole rings is 1. The molecule has 2 heterocycles. The number of fused-ring (bicyclic) bond motifs is 3. The average molecular weight is 419 g/mol. The van der Waals surface area contributed by atoms with Crippen LogP contribution in [0.3, 0.4) is 0 Å². The summed E-state index contributed by atoms with van der Waals surface area (Å²) in [6.45, 7) is 0.451. The zero-order valence-corrected chi connectivity index (χ0v) is 16.8. The van der Waals surface area contributed by atoms with E-state index in [9.17, 15) is 4.79 Å². The van der Waals surface area contributed by atoms with Gasteiger partial charge in [-0.2, -0.15) is 0 Å². The van der Waals surface area contributed by atoms with Crippen LogP contribution in [0.25, 0.3) is 22.1 Å². The van der Waals surface area contributed by atoms with Crippen LogP contribution >= 0.6 is 22.9 Å². The highest BCUT2D eigenvalue weighted by Crippen LogP contribution is 2.18. The lowest BCUT2D eigenvalue weighted by molar-refractivity contribution is 0.306. The van der Waals surface area contributed by atoms with E-state index in [2.05, 4.69) is 4.98 Å². The van der Waals surface area contributed by atoms with Crippen molar-refractivity contribution in [2.75, 3.05) is 0 Å². The Kier molecular flexibility index (Phi) is 4.54. The summed E-state index contributed by atoms with van der Waals surface area (Å²) < 4.78 is 8.21. The standard InChI is InChI=1S/C23H15ClN2O2S/c24-17-10-8-15(9-11-17)14-28-18-5-3-4-16(12-18)13-21-22(27)26-20-7-2-1-6-19(20)25-23(26)29-21/h1-13H,14H2. The molecule has 0 aliphatic rings. The van der Waals surface area contributed by atoms with Crippen LogP contribution in [0.4, 0.5) is 0 Å². The Bertz CT molecular complexity index is 1440. The quantitative estimate of drug-likeness (QED) is 0.425. The van der Waals surface area contributed by atoms with Crippen molar-refractivity contribution in [3.05, 3.63) is 104 Å². The second-order valence-corrected chi connectivity index (χ2v) is 8.07. The molecule has 0 saturated heterocycles. The molecule has 0 radical (unpaired) electrons. The molecule has 4 nitrogen and oxygen atoms in total. The molecule has 0 unspecified atom stereocenters. The number of nitrogens with zero attached hydrogens (tertiary/aromatic N) is 2. The van der Waals surface area contributed by atoms with Crippen molar-refractivity contribution in [1.29, 1.82) is 0 Å². The van der Waals surface area contributed by atoms with Crippen molar-refractivity contribution >= 4 is 45.0 Å². The lowest BCUT2D eigenvalue weighted by Crippen LogP contribution is -2.22. The number of hydrogen-bond acceptors (Lipinski definition) is 4. The second kappa shape index (κ2) is 7.35. The summed E-state index contributed by atoms with van der Waals surface area (Å²) in [7, 11) is 0. The molecular formula is C23H15ClN2O2S. The van der Waals surface area contributed by atoms with Gasteiger partial charge in [0.05, 0.1) is 15.6 Å². The van der Waals surface area contributed by atoms with Crippen molar-refractivity contribution in [3.63, 3.8) is 0 Å². The van der Waals surface area contributed by atoms with E-state index in [4.69, 9.17) is 16.3 Å². The number of ether oxygens (including phenoxy) is 1. The summed E-state index contributed by atoms with van der Waals surface area (Å²) >= 11 is 7.31. The summed E-state index contributed by atoms with van der Waals surface area (Å²) in [5.74, 6) is 0.743. The van der Waals surface area contributed by atoms with E-state index in [1.807, 2.05) is 78.9 Å². The number of para-hydroxylation sites is 2. The molecular weight excluding hydrogens is 404 g/mol. The number of benzene rings is 3. The number of aromatic nitrogens is 2. The normalized spacial score (nSPS) is 12.1. The van der Waals surface area contributed by atoms with E-state index in [1.165, 1.54) is 11.3 Å². The first kappa shape index (κ1) is 17.9. The third-order valence-electron chi connectivity index (χ3n) is 4.62. The van der Waals surface area contributed by atoms with Crippen molar-refractivity contribution in [3.8, 4) is 5.75 Å². The Morgan fingerprint density at radius 1 is 1.03 bits per heavy atom. The zero-order valence-electron chi connectivity index (χ0n) is 15.2. The molecule has 142 valence electrons. The van der Waals surface area contributed by atoms with Gasteiger partial charge >= 0.3 is 0 Å². The van der Waals surface area contributed by atoms with Crippen LogP contribution < -0.4 is 14.8 Å². The average Bonchev–Trinajstić information content (AvgIpc) is 3.24. The van der Waals surface area contributed by atoms with Gasteiger partial charge in [-0.05, 0) is 53.6 Å². The minimum Gasteiger partial charge on any atom is -0.489 e. The molecule has 0 fully saturated rings. The number of rotatable bonds is 4. The van der Waals surface area contributed by atoms with Gasteiger partial charge in [0.25, 0.3) is 5.56 Å². The molecule has 0 spiro atoms. The highest BCUT2D eigenvalue weighted by atomic mass is 35.5. The Morgan fingerprint density at radius 3 is 2.72 bits per heavy atom. The highest BCUT2D eigenvalue weighted by molar-refractivity contribution is 7.15. The fourth-order valence-electron chi connectivity index (χ4n) is 3.20. The van der Waals surface area contributed by atoms with E-state index in [-0.39, 0.29) is 5.56 Å². The van der Waals surface area contributed by atoms with Crippen molar-refractivity contribution in [1.82, 2.24) is 9.38 Å². The predicted molar refractivity (Wildman–Crippen MR) is 118 cm³/mol. The first-order valence-corrected chi connectivity index (χ1v) is 10.3.